The van der Waals surface area contributed by atoms with E-state index in [1.165, 1.54) is 32.1 Å². The summed E-state index contributed by atoms with van der Waals surface area (Å²) in [4.78, 5) is 0. The van der Waals surface area contributed by atoms with Crippen LogP contribution in [0.25, 0.3) is 0 Å². The van der Waals surface area contributed by atoms with Gasteiger partial charge in [0, 0.05) is 13.7 Å². The Hall–Kier alpha value is -0.0800. The molecular formula is C10H21NO. The van der Waals surface area contributed by atoms with E-state index in [9.17, 15) is 0 Å². The van der Waals surface area contributed by atoms with Crippen molar-refractivity contribution in [3.05, 3.63) is 0 Å². The van der Waals surface area contributed by atoms with E-state index in [4.69, 9.17) is 10.5 Å². The molecule has 0 aromatic rings. The lowest BCUT2D eigenvalue weighted by atomic mass is 9.92. The largest absolute Gasteiger partial charge is 0.385 e. The Labute approximate surface area is 75.5 Å². The molecule has 2 heteroatoms. The summed E-state index contributed by atoms with van der Waals surface area (Å²) in [6.45, 7) is 1.80. The molecule has 2 N–H and O–H groups in total. The van der Waals surface area contributed by atoms with Gasteiger partial charge in [0.2, 0.25) is 0 Å². The standard InChI is InChI=1S/C10H21NO/c1-12-7-3-6-9-4-2-5-10(9)8-11/h9-10H,2-8,11H2,1H3. The minimum Gasteiger partial charge on any atom is -0.385 e. The molecule has 1 fully saturated rings. The first kappa shape index (κ1) is 10.0. The highest BCUT2D eigenvalue weighted by Gasteiger charge is 2.24. The van der Waals surface area contributed by atoms with Crippen LogP contribution >= 0.6 is 0 Å². The summed E-state index contributed by atoms with van der Waals surface area (Å²) in [7, 11) is 1.77. The van der Waals surface area contributed by atoms with Gasteiger partial charge < -0.3 is 10.5 Å². The van der Waals surface area contributed by atoms with Crippen molar-refractivity contribution in [2.75, 3.05) is 20.3 Å². The molecule has 1 aliphatic carbocycles. The lowest BCUT2D eigenvalue weighted by molar-refractivity contribution is 0.183. The van der Waals surface area contributed by atoms with Gasteiger partial charge >= 0.3 is 0 Å². The quantitative estimate of drug-likeness (QED) is 0.640. The van der Waals surface area contributed by atoms with Crippen molar-refractivity contribution < 1.29 is 4.74 Å². The van der Waals surface area contributed by atoms with E-state index >= 15 is 0 Å². The average molecular weight is 171 g/mol. The molecule has 0 saturated heterocycles. The number of hydrogen-bond acceptors (Lipinski definition) is 2. The summed E-state index contributed by atoms with van der Waals surface area (Å²) in [5, 5.41) is 0. The molecule has 0 bridgehead atoms. The maximum atomic E-state index is 5.70. The van der Waals surface area contributed by atoms with Crippen LogP contribution in [0.3, 0.4) is 0 Å². The zero-order valence-electron chi connectivity index (χ0n) is 8.09. The fraction of sp³-hybridized carbons (Fsp3) is 1.00. The smallest absolute Gasteiger partial charge is 0.0462 e. The van der Waals surface area contributed by atoms with Crippen molar-refractivity contribution in [1.82, 2.24) is 0 Å². The third kappa shape index (κ3) is 2.76. The first-order valence-electron chi connectivity index (χ1n) is 5.07. The minimum atomic E-state index is 0.807. The number of ether oxygens (including phenoxy) is 1. The van der Waals surface area contributed by atoms with Crippen molar-refractivity contribution in [3.8, 4) is 0 Å². The highest BCUT2D eigenvalue weighted by atomic mass is 16.5. The van der Waals surface area contributed by atoms with Crippen LogP contribution in [0.15, 0.2) is 0 Å². The number of rotatable bonds is 5. The van der Waals surface area contributed by atoms with Gasteiger partial charge in [-0.25, -0.2) is 0 Å². The Balaban J connectivity index is 2.12. The van der Waals surface area contributed by atoms with Crippen LogP contribution in [0.2, 0.25) is 0 Å². The molecular weight excluding hydrogens is 150 g/mol. The first-order chi connectivity index (χ1) is 5.88. The van der Waals surface area contributed by atoms with E-state index in [1.54, 1.807) is 7.11 Å². The Bertz CT molecular complexity index is 116. The first-order valence-corrected chi connectivity index (χ1v) is 5.07. The second-order valence-electron chi connectivity index (χ2n) is 3.82. The van der Waals surface area contributed by atoms with Gasteiger partial charge in [0.05, 0.1) is 0 Å². The number of methoxy groups -OCH3 is 1. The van der Waals surface area contributed by atoms with E-state index in [1.807, 2.05) is 0 Å². The average Bonchev–Trinajstić information content (AvgIpc) is 2.52. The zero-order chi connectivity index (χ0) is 8.81. The van der Waals surface area contributed by atoms with Gasteiger partial charge in [-0.2, -0.15) is 0 Å². The fourth-order valence-electron chi connectivity index (χ4n) is 2.29. The van der Waals surface area contributed by atoms with E-state index in [0.29, 0.717) is 0 Å². The summed E-state index contributed by atoms with van der Waals surface area (Å²) in [5.74, 6) is 1.70. The van der Waals surface area contributed by atoms with Crippen LogP contribution in [-0.4, -0.2) is 20.3 Å². The molecule has 1 rings (SSSR count). The van der Waals surface area contributed by atoms with Crippen LogP contribution in [0.4, 0.5) is 0 Å². The molecule has 72 valence electrons. The van der Waals surface area contributed by atoms with Gasteiger partial charge in [-0.3, -0.25) is 0 Å². The fourth-order valence-corrected chi connectivity index (χ4v) is 2.29. The highest BCUT2D eigenvalue weighted by molar-refractivity contribution is 4.77. The van der Waals surface area contributed by atoms with Crippen molar-refractivity contribution in [1.29, 1.82) is 0 Å². The topological polar surface area (TPSA) is 35.2 Å². The maximum absolute atomic E-state index is 5.70. The molecule has 12 heavy (non-hydrogen) atoms. The third-order valence-corrected chi connectivity index (χ3v) is 3.04. The van der Waals surface area contributed by atoms with Gasteiger partial charge in [-0.1, -0.05) is 12.8 Å². The molecule has 0 aliphatic heterocycles. The lowest BCUT2D eigenvalue weighted by Gasteiger charge is -2.16. The minimum absolute atomic E-state index is 0.807. The van der Waals surface area contributed by atoms with Crippen LogP contribution in [0.5, 0.6) is 0 Å². The Morgan fingerprint density at radius 3 is 2.75 bits per heavy atom. The zero-order valence-corrected chi connectivity index (χ0v) is 8.09. The predicted octanol–water partition coefficient (Wildman–Crippen LogP) is 1.79. The monoisotopic (exact) mass is 171 g/mol. The van der Waals surface area contributed by atoms with Crippen molar-refractivity contribution in [3.63, 3.8) is 0 Å². The van der Waals surface area contributed by atoms with Crippen LogP contribution < -0.4 is 5.73 Å². The normalized spacial score (nSPS) is 29.5. The Morgan fingerprint density at radius 2 is 2.08 bits per heavy atom. The molecule has 0 aromatic heterocycles. The highest BCUT2D eigenvalue weighted by Crippen LogP contribution is 2.33. The summed E-state index contributed by atoms with van der Waals surface area (Å²) < 4.78 is 5.04. The molecule has 2 atom stereocenters. The van der Waals surface area contributed by atoms with Crippen LogP contribution in [-0.2, 0) is 4.74 Å². The Morgan fingerprint density at radius 1 is 1.33 bits per heavy atom. The summed E-state index contributed by atoms with van der Waals surface area (Å²) in [5.41, 5.74) is 5.70. The molecule has 0 spiro atoms. The predicted molar refractivity (Wildman–Crippen MR) is 51.0 cm³/mol. The van der Waals surface area contributed by atoms with Gasteiger partial charge in [0.1, 0.15) is 0 Å². The molecule has 1 aliphatic rings. The molecule has 0 aromatic carbocycles. The molecule has 0 amide bonds. The maximum Gasteiger partial charge on any atom is 0.0462 e. The van der Waals surface area contributed by atoms with Gasteiger partial charge in [-0.15, -0.1) is 0 Å². The molecule has 1 saturated carbocycles. The summed E-state index contributed by atoms with van der Waals surface area (Å²) in [6.07, 6.45) is 6.66. The van der Waals surface area contributed by atoms with Crippen LogP contribution in [0.1, 0.15) is 32.1 Å². The molecule has 0 radical (unpaired) electrons. The van der Waals surface area contributed by atoms with Crippen molar-refractivity contribution in [2.24, 2.45) is 17.6 Å². The second-order valence-corrected chi connectivity index (χ2v) is 3.82. The number of nitrogens with two attached hydrogens (primary N) is 1. The SMILES string of the molecule is COCCCC1CCCC1CN. The summed E-state index contributed by atoms with van der Waals surface area (Å²) in [6, 6.07) is 0. The van der Waals surface area contributed by atoms with E-state index < -0.39 is 0 Å². The van der Waals surface area contributed by atoms with Gasteiger partial charge in [0.25, 0.3) is 0 Å². The van der Waals surface area contributed by atoms with Crippen molar-refractivity contribution in [2.45, 2.75) is 32.1 Å². The second kappa shape index (κ2) is 5.55. The Kier molecular flexibility index (Phi) is 4.62. The van der Waals surface area contributed by atoms with Crippen molar-refractivity contribution >= 4 is 0 Å². The summed E-state index contributed by atoms with van der Waals surface area (Å²) >= 11 is 0. The van der Waals surface area contributed by atoms with Crippen LogP contribution in [0, 0.1) is 11.8 Å². The van der Waals surface area contributed by atoms with Gasteiger partial charge in [0.15, 0.2) is 0 Å². The molecule has 2 unspecified atom stereocenters. The molecule has 0 heterocycles. The lowest BCUT2D eigenvalue weighted by Crippen LogP contribution is -2.18. The van der Waals surface area contributed by atoms with E-state index in [2.05, 4.69) is 0 Å². The third-order valence-electron chi connectivity index (χ3n) is 3.04. The van der Waals surface area contributed by atoms with Gasteiger partial charge in [-0.05, 0) is 37.6 Å². The van der Waals surface area contributed by atoms with E-state index in [-0.39, 0.29) is 0 Å². The van der Waals surface area contributed by atoms with E-state index in [0.717, 1.165) is 25.0 Å². The molecule has 2 nitrogen and oxygen atoms in total. The number of hydrogen-bond donors (Lipinski definition) is 1.